The van der Waals surface area contributed by atoms with Gasteiger partial charge in [-0.1, -0.05) is 48.3 Å². The van der Waals surface area contributed by atoms with Crippen LogP contribution in [0.1, 0.15) is 44.9 Å². The van der Waals surface area contributed by atoms with Crippen LogP contribution in [0.2, 0.25) is 0 Å². The van der Waals surface area contributed by atoms with Gasteiger partial charge in [0.2, 0.25) is 11.7 Å². The summed E-state index contributed by atoms with van der Waals surface area (Å²) < 4.78 is 5.45. The number of benzene rings is 1. The largest absolute Gasteiger partial charge is 0.338 e. The highest BCUT2D eigenvalue weighted by molar-refractivity contribution is 7.14. The maximum Gasteiger partial charge on any atom is 0.264 e. The van der Waals surface area contributed by atoms with Crippen molar-refractivity contribution < 1.29 is 9.32 Å². The molecule has 1 fully saturated rings. The van der Waals surface area contributed by atoms with Gasteiger partial charge in [0.05, 0.1) is 11.4 Å². The molecule has 158 valence electrons. The summed E-state index contributed by atoms with van der Waals surface area (Å²) in [5.74, 6) is 1.39. The van der Waals surface area contributed by atoms with Crippen LogP contribution in [0, 0.1) is 13.8 Å². The molecule has 2 aromatic heterocycles. The van der Waals surface area contributed by atoms with Crippen LogP contribution in [-0.4, -0.2) is 52.0 Å². The lowest BCUT2D eigenvalue weighted by atomic mass is 10.1. The van der Waals surface area contributed by atoms with E-state index in [1.54, 1.807) is 11.3 Å². The van der Waals surface area contributed by atoms with Crippen molar-refractivity contribution in [2.75, 3.05) is 26.2 Å². The molecule has 1 amide bonds. The van der Waals surface area contributed by atoms with E-state index < -0.39 is 0 Å². The quantitative estimate of drug-likeness (QED) is 0.590. The van der Waals surface area contributed by atoms with Gasteiger partial charge in [0.15, 0.2) is 0 Å². The second kappa shape index (κ2) is 9.10. The zero-order valence-electron chi connectivity index (χ0n) is 17.9. The summed E-state index contributed by atoms with van der Waals surface area (Å²) >= 11 is 1.62. The first-order chi connectivity index (χ1) is 14.5. The number of piperazine rings is 1. The number of carbonyl (C=O) groups excluding carboxylic acids is 1. The van der Waals surface area contributed by atoms with Crippen molar-refractivity contribution in [1.29, 1.82) is 0 Å². The summed E-state index contributed by atoms with van der Waals surface area (Å²) in [5, 5.41) is 4.11. The minimum atomic E-state index is 0.157. The van der Waals surface area contributed by atoms with E-state index in [1.807, 2.05) is 29.2 Å². The first-order valence-corrected chi connectivity index (χ1v) is 11.4. The highest BCUT2D eigenvalue weighted by atomic mass is 32.1. The van der Waals surface area contributed by atoms with Crippen molar-refractivity contribution in [3.8, 4) is 11.4 Å². The van der Waals surface area contributed by atoms with E-state index in [0.29, 0.717) is 18.3 Å². The monoisotopic (exact) mass is 424 g/mol. The van der Waals surface area contributed by atoms with E-state index in [1.165, 1.54) is 16.0 Å². The molecule has 0 N–H and O–H groups in total. The van der Waals surface area contributed by atoms with E-state index in [2.05, 4.69) is 41.9 Å². The summed E-state index contributed by atoms with van der Waals surface area (Å²) in [6, 6.07) is 10.2. The van der Waals surface area contributed by atoms with Crippen molar-refractivity contribution in [2.24, 2.45) is 0 Å². The summed E-state index contributed by atoms with van der Waals surface area (Å²) in [5.41, 5.74) is 3.47. The van der Waals surface area contributed by atoms with Gasteiger partial charge in [0, 0.05) is 36.6 Å². The lowest BCUT2D eigenvalue weighted by Crippen LogP contribution is -2.48. The molecule has 4 rings (SSSR count). The van der Waals surface area contributed by atoms with Crippen LogP contribution in [-0.2, 0) is 13.0 Å². The van der Waals surface area contributed by atoms with Crippen LogP contribution >= 0.6 is 11.3 Å². The zero-order chi connectivity index (χ0) is 21.1. The summed E-state index contributed by atoms with van der Waals surface area (Å²) in [6.07, 6.45) is 2.14. The standard InChI is InChI=1S/C23H28N4O2S/c1-4-5-19-14-20(30-17(19)3)23(28)27-12-10-26(11-13-27)15-21-24-22(25-29-21)18-8-6-16(2)7-9-18/h6-9,14H,4-5,10-13,15H2,1-3H3. The number of aromatic nitrogens is 2. The molecule has 0 spiro atoms. The molecule has 1 aromatic carbocycles. The van der Waals surface area contributed by atoms with E-state index in [-0.39, 0.29) is 5.91 Å². The second-order valence-electron chi connectivity index (χ2n) is 7.89. The molecule has 0 radical (unpaired) electrons. The Morgan fingerprint density at radius 2 is 1.87 bits per heavy atom. The number of carbonyl (C=O) groups is 1. The van der Waals surface area contributed by atoms with Gasteiger partial charge in [0.25, 0.3) is 5.91 Å². The van der Waals surface area contributed by atoms with Crippen LogP contribution in [0.3, 0.4) is 0 Å². The molecule has 0 unspecified atom stereocenters. The van der Waals surface area contributed by atoms with Crippen LogP contribution in [0.4, 0.5) is 0 Å². The number of hydrogen-bond donors (Lipinski definition) is 0. The number of thiophene rings is 1. The number of aryl methyl sites for hydroxylation is 3. The molecule has 7 heteroatoms. The Morgan fingerprint density at radius 3 is 2.57 bits per heavy atom. The van der Waals surface area contributed by atoms with Gasteiger partial charge in [0.1, 0.15) is 0 Å². The Morgan fingerprint density at radius 1 is 1.13 bits per heavy atom. The van der Waals surface area contributed by atoms with Gasteiger partial charge in [-0.05, 0) is 31.9 Å². The Balaban J connectivity index is 1.32. The molecule has 0 atom stereocenters. The fourth-order valence-corrected chi connectivity index (χ4v) is 4.78. The number of nitrogens with zero attached hydrogens (tertiary/aromatic N) is 4. The van der Waals surface area contributed by atoms with Gasteiger partial charge in [-0.15, -0.1) is 11.3 Å². The molecular weight excluding hydrogens is 396 g/mol. The molecule has 0 saturated carbocycles. The Kier molecular flexibility index (Phi) is 6.29. The number of rotatable bonds is 6. The zero-order valence-corrected chi connectivity index (χ0v) is 18.7. The van der Waals surface area contributed by atoms with Crippen molar-refractivity contribution in [2.45, 2.75) is 40.2 Å². The third-order valence-electron chi connectivity index (χ3n) is 5.55. The van der Waals surface area contributed by atoms with Gasteiger partial charge in [-0.25, -0.2) is 0 Å². The highest BCUT2D eigenvalue weighted by Gasteiger charge is 2.25. The average molecular weight is 425 g/mol. The van der Waals surface area contributed by atoms with E-state index >= 15 is 0 Å². The van der Waals surface area contributed by atoms with Crippen LogP contribution < -0.4 is 0 Å². The fraction of sp³-hybridized carbons (Fsp3) is 0.435. The van der Waals surface area contributed by atoms with Crippen LogP contribution in [0.15, 0.2) is 34.9 Å². The number of hydrogen-bond acceptors (Lipinski definition) is 6. The molecule has 1 saturated heterocycles. The Labute approximate surface area is 181 Å². The first kappa shape index (κ1) is 20.8. The molecule has 30 heavy (non-hydrogen) atoms. The summed E-state index contributed by atoms with van der Waals surface area (Å²) in [4.78, 5) is 23.8. The van der Waals surface area contributed by atoms with Crippen LogP contribution in [0.5, 0.6) is 0 Å². The minimum absolute atomic E-state index is 0.157. The van der Waals surface area contributed by atoms with Gasteiger partial charge in [-0.3, -0.25) is 9.69 Å². The SMILES string of the molecule is CCCc1cc(C(=O)N2CCN(Cc3nc(-c4ccc(C)cc4)no3)CC2)sc1C. The molecule has 3 heterocycles. The predicted octanol–water partition coefficient (Wildman–Crippen LogP) is 4.33. The second-order valence-corrected chi connectivity index (χ2v) is 9.14. The predicted molar refractivity (Wildman–Crippen MR) is 119 cm³/mol. The third kappa shape index (κ3) is 4.63. The third-order valence-corrected chi connectivity index (χ3v) is 6.63. The smallest absolute Gasteiger partial charge is 0.264 e. The summed E-state index contributed by atoms with van der Waals surface area (Å²) in [6.45, 7) is 10.00. The normalized spacial score (nSPS) is 15.0. The van der Waals surface area contributed by atoms with Gasteiger partial charge < -0.3 is 9.42 Å². The lowest BCUT2D eigenvalue weighted by Gasteiger charge is -2.33. The molecular formula is C23H28N4O2S. The van der Waals surface area contributed by atoms with Crippen molar-refractivity contribution in [1.82, 2.24) is 19.9 Å². The molecule has 0 bridgehead atoms. The van der Waals surface area contributed by atoms with E-state index in [0.717, 1.165) is 49.5 Å². The molecule has 0 aliphatic carbocycles. The molecule has 3 aromatic rings. The first-order valence-electron chi connectivity index (χ1n) is 10.5. The van der Waals surface area contributed by atoms with E-state index in [9.17, 15) is 4.79 Å². The minimum Gasteiger partial charge on any atom is -0.338 e. The highest BCUT2D eigenvalue weighted by Crippen LogP contribution is 2.25. The number of amides is 1. The van der Waals surface area contributed by atoms with Gasteiger partial charge in [-0.2, -0.15) is 4.98 Å². The topological polar surface area (TPSA) is 62.5 Å². The maximum absolute atomic E-state index is 12.9. The molecule has 6 nitrogen and oxygen atoms in total. The molecule has 1 aliphatic heterocycles. The lowest BCUT2D eigenvalue weighted by molar-refractivity contribution is 0.0619. The van der Waals surface area contributed by atoms with E-state index in [4.69, 9.17) is 4.52 Å². The van der Waals surface area contributed by atoms with Crippen molar-refractivity contribution in [3.63, 3.8) is 0 Å². The Hall–Kier alpha value is -2.51. The maximum atomic E-state index is 12.9. The Bertz CT molecular complexity index is 1000. The van der Waals surface area contributed by atoms with Gasteiger partial charge >= 0.3 is 0 Å². The molecule has 1 aliphatic rings. The van der Waals surface area contributed by atoms with Crippen LogP contribution in [0.25, 0.3) is 11.4 Å². The van der Waals surface area contributed by atoms with Crippen molar-refractivity contribution in [3.05, 3.63) is 57.1 Å². The van der Waals surface area contributed by atoms with Crippen molar-refractivity contribution >= 4 is 17.2 Å². The summed E-state index contributed by atoms with van der Waals surface area (Å²) in [7, 11) is 0. The fourth-order valence-electron chi connectivity index (χ4n) is 3.74. The average Bonchev–Trinajstić information content (AvgIpc) is 3.36.